The fourth-order valence-corrected chi connectivity index (χ4v) is 6.39. The van der Waals surface area contributed by atoms with Crippen molar-refractivity contribution >= 4 is 27.5 Å². The van der Waals surface area contributed by atoms with E-state index in [1.54, 1.807) is 11.3 Å². The quantitative estimate of drug-likeness (QED) is 0.779. The lowest BCUT2D eigenvalue weighted by Crippen LogP contribution is -2.50. The van der Waals surface area contributed by atoms with Crippen molar-refractivity contribution in [3.05, 3.63) is 16.6 Å². The maximum Gasteiger partial charge on any atom is 0.261 e. The Balaban J connectivity index is 1.22. The molecule has 2 N–H and O–H groups in total. The standard InChI is InChI=1S/C22H33N5O2S/c1-15-19-14-20(30-22(19)27(25-15)18-6-12-29-13-7-18)21(28)24-16-2-4-17(5-3-16)26-10-8-23-9-11-26/h14,16-18,23H,2-13H2,1H3,(H,24,28)/t16-,17-. The Labute approximate surface area is 182 Å². The molecule has 7 nitrogen and oxygen atoms in total. The zero-order chi connectivity index (χ0) is 20.5. The van der Waals surface area contributed by atoms with E-state index in [0.29, 0.717) is 18.1 Å². The van der Waals surface area contributed by atoms with Crippen molar-refractivity contribution in [2.24, 2.45) is 0 Å². The van der Waals surface area contributed by atoms with E-state index in [-0.39, 0.29) is 5.91 Å². The molecule has 0 atom stereocenters. The highest BCUT2D eigenvalue weighted by Gasteiger charge is 2.28. The molecule has 1 amide bonds. The summed E-state index contributed by atoms with van der Waals surface area (Å²) in [7, 11) is 0. The number of ether oxygens (including phenoxy) is 1. The predicted octanol–water partition coefficient (Wildman–Crippen LogP) is 2.70. The van der Waals surface area contributed by atoms with Crippen LogP contribution in [0.4, 0.5) is 0 Å². The number of carbonyl (C=O) groups is 1. The number of hydrogen-bond acceptors (Lipinski definition) is 6. The molecule has 2 aromatic heterocycles. The van der Waals surface area contributed by atoms with Gasteiger partial charge in [0.15, 0.2) is 0 Å². The van der Waals surface area contributed by atoms with E-state index in [0.717, 1.165) is 85.9 Å². The van der Waals surface area contributed by atoms with E-state index >= 15 is 0 Å². The predicted molar refractivity (Wildman–Crippen MR) is 119 cm³/mol. The minimum atomic E-state index is 0.0831. The summed E-state index contributed by atoms with van der Waals surface area (Å²) in [6.45, 7) is 8.16. The number of hydrogen-bond donors (Lipinski definition) is 2. The molecular weight excluding hydrogens is 398 g/mol. The number of aryl methyl sites for hydroxylation is 1. The number of nitrogens with zero attached hydrogens (tertiary/aromatic N) is 3. The van der Waals surface area contributed by atoms with Crippen LogP contribution in [0.2, 0.25) is 0 Å². The third-order valence-electron chi connectivity index (χ3n) is 7.03. The second-order valence-electron chi connectivity index (χ2n) is 8.97. The summed E-state index contributed by atoms with van der Waals surface area (Å²) in [4.78, 5) is 17.6. The van der Waals surface area contributed by atoms with Gasteiger partial charge in [-0.3, -0.25) is 14.4 Å². The summed E-state index contributed by atoms with van der Waals surface area (Å²) in [6, 6.07) is 3.41. The molecule has 2 aliphatic heterocycles. The molecule has 0 unspecified atom stereocenters. The van der Waals surface area contributed by atoms with Crippen LogP contribution in [-0.2, 0) is 4.74 Å². The number of nitrogens with one attached hydrogen (secondary N) is 2. The van der Waals surface area contributed by atoms with Crippen molar-refractivity contribution in [2.45, 2.75) is 63.6 Å². The number of piperazine rings is 1. The fourth-order valence-electron chi connectivity index (χ4n) is 5.25. The molecule has 4 heterocycles. The minimum absolute atomic E-state index is 0.0831. The van der Waals surface area contributed by atoms with Gasteiger partial charge in [0.1, 0.15) is 4.83 Å². The van der Waals surface area contributed by atoms with Crippen molar-refractivity contribution in [1.82, 2.24) is 25.3 Å². The zero-order valence-electron chi connectivity index (χ0n) is 17.9. The molecule has 5 rings (SSSR count). The van der Waals surface area contributed by atoms with Gasteiger partial charge in [-0.25, -0.2) is 0 Å². The van der Waals surface area contributed by atoms with Crippen LogP contribution in [0, 0.1) is 6.92 Å². The maximum absolute atomic E-state index is 13.0. The van der Waals surface area contributed by atoms with Crippen LogP contribution < -0.4 is 10.6 Å². The Hall–Kier alpha value is -1.48. The van der Waals surface area contributed by atoms with Gasteiger partial charge in [0.2, 0.25) is 0 Å². The summed E-state index contributed by atoms with van der Waals surface area (Å²) in [5.41, 5.74) is 1.02. The Morgan fingerprint density at radius 2 is 1.87 bits per heavy atom. The number of fused-ring (bicyclic) bond motifs is 1. The zero-order valence-corrected chi connectivity index (χ0v) is 18.7. The molecule has 2 aromatic rings. The Bertz CT molecular complexity index is 874. The lowest BCUT2D eigenvalue weighted by Gasteiger charge is -2.39. The van der Waals surface area contributed by atoms with Gasteiger partial charge in [0.25, 0.3) is 5.91 Å². The van der Waals surface area contributed by atoms with Gasteiger partial charge in [0.05, 0.1) is 16.6 Å². The first-order valence-corrected chi connectivity index (χ1v) is 12.3. The average Bonchev–Trinajstić information content (AvgIpc) is 3.36. The van der Waals surface area contributed by atoms with Crippen molar-refractivity contribution in [3.8, 4) is 0 Å². The molecule has 1 saturated carbocycles. The van der Waals surface area contributed by atoms with Crippen LogP contribution in [0.5, 0.6) is 0 Å². The molecule has 0 radical (unpaired) electrons. The van der Waals surface area contributed by atoms with Crippen LogP contribution >= 0.6 is 11.3 Å². The number of aromatic nitrogens is 2. The van der Waals surface area contributed by atoms with Crippen molar-refractivity contribution in [3.63, 3.8) is 0 Å². The summed E-state index contributed by atoms with van der Waals surface area (Å²) < 4.78 is 7.65. The molecule has 164 valence electrons. The Kier molecular flexibility index (Phi) is 6.09. The minimum Gasteiger partial charge on any atom is -0.381 e. The first-order valence-electron chi connectivity index (χ1n) is 11.5. The first kappa shape index (κ1) is 20.4. The number of rotatable bonds is 4. The summed E-state index contributed by atoms with van der Waals surface area (Å²) >= 11 is 1.59. The molecule has 0 bridgehead atoms. The van der Waals surface area contributed by atoms with E-state index in [9.17, 15) is 4.79 Å². The van der Waals surface area contributed by atoms with Gasteiger partial charge in [-0.15, -0.1) is 11.3 Å². The lowest BCUT2D eigenvalue weighted by molar-refractivity contribution is 0.0675. The maximum atomic E-state index is 13.0. The van der Waals surface area contributed by atoms with Crippen molar-refractivity contribution in [2.75, 3.05) is 39.4 Å². The van der Waals surface area contributed by atoms with Gasteiger partial charge < -0.3 is 15.4 Å². The van der Waals surface area contributed by atoms with Crippen LogP contribution in [0.25, 0.3) is 10.2 Å². The van der Waals surface area contributed by atoms with Crippen LogP contribution in [0.3, 0.4) is 0 Å². The second kappa shape index (κ2) is 8.94. The highest BCUT2D eigenvalue weighted by molar-refractivity contribution is 7.20. The summed E-state index contributed by atoms with van der Waals surface area (Å²) in [5.74, 6) is 0.0831. The van der Waals surface area contributed by atoms with Gasteiger partial charge in [-0.05, 0) is 51.5 Å². The highest BCUT2D eigenvalue weighted by Crippen LogP contribution is 2.33. The molecule has 30 heavy (non-hydrogen) atoms. The third-order valence-corrected chi connectivity index (χ3v) is 8.15. The molecular formula is C22H33N5O2S. The van der Waals surface area contributed by atoms with Gasteiger partial charge >= 0.3 is 0 Å². The molecule has 3 fully saturated rings. The largest absolute Gasteiger partial charge is 0.381 e. The molecule has 8 heteroatoms. The van der Waals surface area contributed by atoms with Crippen LogP contribution in [0.15, 0.2) is 6.07 Å². The van der Waals surface area contributed by atoms with Crippen LogP contribution in [-0.4, -0.2) is 72.1 Å². The average molecular weight is 432 g/mol. The van der Waals surface area contributed by atoms with Gasteiger partial charge in [-0.1, -0.05) is 0 Å². The fraction of sp³-hybridized carbons (Fsp3) is 0.727. The van der Waals surface area contributed by atoms with E-state index in [1.807, 2.05) is 13.0 Å². The van der Waals surface area contributed by atoms with E-state index in [2.05, 4.69) is 20.2 Å². The number of amides is 1. The summed E-state index contributed by atoms with van der Waals surface area (Å²) in [6.07, 6.45) is 6.53. The Morgan fingerprint density at radius 3 is 2.60 bits per heavy atom. The molecule has 0 spiro atoms. The van der Waals surface area contributed by atoms with E-state index in [1.165, 1.54) is 12.8 Å². The second-order valence-corrected chi connectivity index (χ2v) is 10.00. The first-order chi connectivity index (χ1) is 14.7. The number of carbonyl (C=O) groups excluding carboxylic acids is 1. The smallest absolute Gasteiger partial charge is 0.261 e. The molecule has 2 saturated heterocycles. The van der Waals surface area contributed by atoms with E-state index in [4.69, 9.17) is 9.84 Å². The van der Waals surface area contributed by atoms with Gasteiger partial charge in [-0.2, -0.15) is 5.10 Å². The monoisotopic (exact) mass is 431 g/mol. The topological polar surface area (TPSA) is 71.4 Å². The van der Waals surface area contributed by atoms with Gasteiger partial charge in [0, 0.05) is 56.9 Å². The van der Waals surface area contributed by atoms with Crippen LogP contribution in [0.1, 0.15) is 59.9 Å². The molecule has 3 aliphatic rings. The third kappa shape index (κ3) is 4.15. The summed E-state index contributed by atoms with van der Waals surface area (Å²) in [5, 5.41) is 12.7. The van der Waals surface area contributed by atoms with Crippen molar-refractivity contribution < 1.29 is 9.53 Å². The molecule has 1 aliphatic carbocycles. The Morgan fingerprint density at radius 1 is 1.13 bits per heavy atom. The van der Waals surface area contributed by atoms with E-state index < -0.39 is 0 Å². The highest BCUT2D eigenvalue weighted by atomic mass is 32.1. The SMILES string of the molecule is Cc1nn(C2CCOCC2)c2sc(C(=O)N[C@H]3CC[C@H](N4CCNCC4)CC3)cc12. The molecule has 0 aromatic carbocycles. The number of thiophene rings is 1. The lowest BCUT2D eigenvalue weighted by atomic mass is 9.90. The van der Waals surface area contributed by atoms with Crippen molar-refractivity contribution in [1.29, 1.82) is 0 Å². The normalized spacial score (nSPS) is 26.8.